The van der Waals surface area contributed by atoms with Crippen molar-refractivity contribution in [3.05, 3.63) is 42.5 Å². The number of hydrogen-bond donors (Lipinski definition) is 1. The van der Waals surface area contributed by atoms with Gasteiger partial charge in [0.2, 0.25) is 0 Å². The van der Waals surface area contributed by atoms with E-state index in [4.69, 9.17) is 4.74 Å². The van der Waals surface area contributed by atoms with E-state index < -0.39 is 18.7 Å². The number of aliphatic hydroxyl groups excluding tert-OH is 1. The fourth-order valence-corrected chi connectivity index (χ4v) is 3.14. The molecule has 24 heavy (non-hydrogen) atoms. The maximum atomic E-state index is 12.3. The van der Waals surface area contributed by atoms with Crippen molar-refractivity contribution in [3.63, 3.8) is 0 Å². The third kappa shape index (κ3) is 4.39. The summed E-state index contributed by atoms with van der Waals surface area (Å²) in [5.41, 5.74) is 0. The van der Waals surface area contributed by atoms with Crippen LogP contribution in [0.15, 0.2) is 42.5 Å². The molecule has 2 aromatic rings. The molecule has 0 bridgehead atoms. The lowest BCUT2D eigenvalue weighted by atomic mass is 9.96. The molecule has 0 aliphatic carbocycles. The monoisotopic (exact) mass is 339 g/mol. The molecule has 1 fully saturated rings. The minimum absolute atomic E-state index is 0.119. The largest absolute Gasteiger partial charge is 0.490 e. The predicted octanol–water partition coefficient (Wildman–Crippen LogP) is 3.46. The maximum Gasteiger partial charge on any atom is 0.389 e. The number of likely N-dealkylation sites (tertiary alicyclic amines) is 1. The SMILES string of the molecule is OC(COc1cccc2ccccc12)CN1CC(CC(F)(F)F)C1. The molecule has 0 radical (unpaired) electrons. The van der Waals surface area contributed by atoms with Gasteiger partial charge in [0.1, 0.15) is 18.5 Å². The van der Waals surface area contributed by atoms with Gasteiger partial charge < -0.3 is 9.84 Å². The highest BCUT2D eigenvalue weighted by Crippen LogP contribution is 2.30. The Kier molecular flexibility index (Phi) is 4.96. The Hall–Kier alpha value is -1.79. The number of alkyl halides is 3. The van der Waals surface area contributed by atoms with Crippen LogP contribution in [0.25, 0.3) is 10.8 Å². The zero-order valence-corrected chi connectivity index (χ0v) is 13.2. The molecule has 0 aromatic heterocycles. The first kappa shape index (κ1) is 17.0. The van der Waals surface area contributed by atoms with E-state index in [1.165, 1.54) is 0 Å². The minimum atomic E-state index is -4.10. The smallest absolute Gasteiger partial charge is 0.389 e. The van der Waals surface area contributed by atoms with E-state index in [0.717, 1.165) is 10.8 Å². The topological polar surface area (TPSA) is 32.7 Å². The lowest BCUT2D eigenvalue weighted by molar-refractivity contribution is -0.157. The molecule has 1 N–H and O–H groups in total. The van der Waals surface area contributed by atoms with E-state index in [0.29, 0.717) is 25.4 Å². The Balaban J connectivity index is 1.46. The first-order valence-corrected chi connectivity index (χ1v) is 7.98. The number of halogens is 3. The van der Waals surface area contributed by atoms with E-state index >= 15 is 0 Å². The number of rotatable bonds is 6. The van der Waals surface area contributed by atoms with Crippen molar-refractivity contribution in [1.82, 2.24) is 4.90 Å². The van der Waals surface area contributed by atoms with Crippen LogP contribution in [0.3, 0.4) is 0 Å². The van der Waals surface area contributed by atoms with Crippen LogP contribution in [0, 0.1) is 5.92 Å². The number of hydrogen-bond acceptors (Lipinski definition) is 3. The van der Waals surface area contributed by atoms with Crippen molar-refractivity contribution in [2.75, 3.05) is 26.2 Å². The summed E-state index contributed by atoms with van der Waals surface area (Å²) in [5.74, 6) is 0.349. The molecule has 130 valence electrons. The highest BCUT2D eigenvalue weighted by atomic mass is 19.4. The van der Waals surface area contributed by atoms with E-state index in [1.807, 2.05) is 47.4 Å². The second-order valence-corrected chi connectivity index (χ2v) is 6.35. The van der Waals surface area contributed by atoms with E-state index in [-0.39, 0.29) is 12.5 Å². The summed E-state index contributed by atoms with van der Waals surface area (Å²) in [6.07, 6.45) is -5.57. The van der Waals surface area contributed by atoms with Crippen LogP contribution in [0.2, 0.25) is 0 Å². The van der Waals surface area contributed by atoms with Crippen LogP contribution in [0.1, 0.15) is 6.42 Å². The Morgan fingerprint density at radius 2 is 1.83 bits per heavy atom. The zero-order chi connectivity index (χ0) is 17.2. The normalized spacial score (nSPS) is 17.7. The second-order valence-electron chi connectivity index (χ2n) is 6.35. The van der Waals surface area contributed by atoms with Crippen molar-refractivity contribution >= 4 is 10.8 Å². The van der Waals surface area contributed by atoms with Gasteiger partial charge in [0.25, 0.3) is 0 Å². The van der Waals surface area contributed by atoms with Crippen molar-refractivity contribution in [2.24, 2.45) is 5.92 Å². The van der Waals surface area contributed by atoms with E-state index in [2.05, 4.69) is 0 Å². The number of aliphatic hydroxyl groups is 1. The number of fused-ring (bicyclic) bond motifs is 1. The van der Waals surface area contributed by atoms with Gasteiger partial charge in [0.15, 0.2) is 0 Å². The molecule has 0 amide bonds. The Morgan fingerprint density at radius 3 is 2.58 bits per heavy atom. The number of nitrogens with zero attached hydrogens (tertiary/aromatic N) is 1. The molecule has 0 spiro atoms. The lowest BCUT2D eigenvalue weighted by Crippen LogP contribution is -2.51. The van der Waals surface area contributed by atoms with Gasteiger partial charge in [-0.25, -0.2) is 0 Å². The molecule has 1 atom stereocenters. The first-order valence-electron chi connectivity index (χ1n) is 7.98. The van der Waals surface area contributed by atoms with Crippen LogP contribution in [0.5, 0.6) is 5.75 Å². The number of benzene rings is 2. The second kappa shape index (κ2) is 6.99. The molecule has 1 unspecified atom stereocenters. The fraction of sp³-hybridized carbons (Fsp3) is 0.444. The predicted molar refractivity (Wildman–Crippen MR) is 86.1 cm³/mol. The summed E-state index contributed by atoms with van der Waals surface area (Å²) in [6.45, 7) is 1.21. The van der Waals surface area contributed by atoms with Gasteiger partial charge in [-0.2, -0.15) is 13.2 Å². The molecule has 1 aliphatic rings. The van der Waals surface area contributed by atoms with E-state index in [1.54, 1.807) is 0 Å². The summed E-state index contributed by atoms with van der Waals surface area (Å²) in [7, 11) is 0. The quantitative estimate of drug-likeness (QED) is 0.875. The van der Waals surface area contributed by atoms with Crippen LogP contribution >= 0.6 is 0 Å². The van der Waals surface area contributed by atoms with Crippen molar-refractivity contribution in [3.8, 4) is 5.75 Å². The molecule has 3 nitrogen and oxygen atoms in total. The van der Waals surface area contributed by atoms with Crippen LogP contribution < -0.4 is 4.74 Å². The molecule has 0 saturated carbocycles. The molecule has 1 aliphatic heterocycles. The number of ether oxygens (including phenoxy) is 1. The highest BCUT2D eigenvalue weighted by molar-refractivity contribution is 5.88. The Labute approximate surface area is 138 Å². The summed E-state index contributed by atoms with van der Waals surface area (Å²) >= 11 is 0. The van der Waals surface area contributed by atoms with Gasteiger partial charge in [-0.3, -0.25) is 4.90 Å². The van der Waals surface area contributed by atoms with Crippen molar-refractivity contribution < 1.29 is 23.0 Å². The highest BCUT2D eigenvalue weighted by Gasteiger charge is 2.38. The third-order valence-electron chi connectivity index (χ3n) is 4.20. The van der Waals surface area contributed by atoms with Gasteiger partial charge in [-0.05, 0) is 17.4 Å². The molecular weight excluding hydrogens is 319 g/mol. The summed E-state index contributed by atoms with van der Waals surface area (Å²) in [4.78, 5) is 1.83. The summed E-state index contributed by atoms with van der Waals surface area (Å²) in [6, 6.07) is 13.5. The van der Waals surface area contributed by atoms with Gasteiger partial charge in [0, 0.05) is 31.4 Å². The molecule has 6 heteroatoms. The van der Waals surface area contributed by atoms with E-state index in [9.17, 15) is 18.3 Å². The van der Waals surface area contributed by atoms with Gasteiger partial charge >= 0.3 is 6.18 Å². The lowest BCUT2D eigenvalue weighted by Gasteiger charge is -2.40. The minimum Gasteiger partial charge on any atom is -0.490 e. The Morgan fingerprint density at radius 1 is 1.12 bits per heavy atom. The standard InChI is InChI=1S/C18H20F3NO2/c19-18(20,21)8-13-9-22(10-13)11-15(23)12-24-17-7-3-5-14-4-1-2-6-16(14)17/h1-7,13,15,23H,8-12H2. The van der Waals surface area contributed by atoms with Gasteiger partial charge in [-0.1, -0.05) is 36.4 Å². The van der Waals surface area contributed by atoms with Gasteiger partial charge in [-0.15, -0.1) is 0 Å². The van der Waals surface area contributed by atoms with Crippen LogP contribution in [-0.2, 0) is 0 Å². The van der Waals surface area contributed by atoms with Crippen molar-refractivity contribution in [2.45, 2.75) is 18.7 Å². The zero-order valence-electron chi connectivity index (χ0n) is 13.2. The number of β-amino-alcohol motifs (C(OH)–C–C–N with tert-alkyl or cyclic N) is 1. The van der Waals surface area contributed by atoms with Crippen LogP contribution in [-0.4, -0.2) is 48.5 Å². The van der Waals surface area contributed by atoms with Crippen molar-refractivity contribution in [1.29, 1.82) is 0 Å². The molecular formula is C18H20F3NO2. The molecule has 2 aromatic carbocycles. The van der Waals surface area contributed by atoms with Crippen LogP contribution in [0.4, 0.5) is 13.2 Å². The average Bonchev–Trinajstić information content (AvgIpc) is 2.49. The summed E-state index contributed by atoms with van der Waals surface area (Å²) in [5, 5.41) is 12.1. The maximum absolute atomic E-state index is 12.3. The average molecular weight is 339 g/mol. The molecule has 1 saturated heterocycles. The fourth-order valence-electron chi connectivity index (χ4n) is 3.14. The van der Waals surface area contributed by atoms with Gasteiger partial charge in [0.05, 0.1) is 0 Å². The Bertz CT molecular complexity index is 678. The third-order valence-corrected chi connectivity index (χ3v) is 4.20. The molecule has 1 heterocycles. The first-order chi connectivity index (χ1) is 11.4. The molecule has 3 rings (SSSR count). The summed E-state index contributed by atoms with van der Waals surface area (Å²) < 4.78 is 42.5.